The van der Waals surface area contributed by atoms with Crippen LogP contribution >= 0.6 is 11.3 Å². The Bertz CT molecular complexity index is 1020. The number of carbonyl (C=O) groups excluding carboxylic acids is 1. The fourth-order valence-electron chi connectivity index (χ4n) is 2.47. The molecule has 0 aliphatic rings. The molecule has 2 aromatic carbocycles. The van der Waals surface area contributed by atoms with Crippen molar-refractivity contribution in [2.45, 2.75) is 0 Å². The molecule has 0 aliphatic carbocycles. The second-order valence-corrected chi connectivity index (χ2v) is 6.39. The van der Waals surface area contributed by atoms with Crippen LogP contribution < -0.4 is 10.6 Å². The van der Waals surface area contributed by atoms with Gasteiger partial charge in [-0.15, -0.1) is 0 Å². The molecule has 2 N–H and O–H groups in total. The Hall–Kier alpha value is -3.25. The minimum atomic E-state index is -0.178. The molecule has 2 heterocycles. The number of carbonyl (C=O) groups is 1. The molecule has 4 rings (SSSR count). The molecule has 0 bridgehead atoms. The van der Waals surface area contributed by atoms with E-state index in [0.717, 1.165) is 22.3 Å². The van der Waals surface area contributed by atoms with E-state index in [4.69, 9.17) is 0 Å². The molecule has 0 atom stereocenters. The van der Waals surface area contributed by atoms with Crippen LogP contribution in [0.3, 0.4) is 0 Å². The predicted molar refractivity (Wildman–Crippen MR) is 102 cm³/mol. The third-order valence-electron chi connectivity index (χ3n) is 3.66. The topological polar surface area (TPSA) is 66.9 Å². The van der Waals surface area contributed by atoms with Crippen LogP contribution in [0.1, 0.15) is 9.67 Å². The van der Waals surface area contributed by atoms with E-state index < -0.39 is 0 Å². The maximum atomic E-state index is 12.3. The number of thiazole rings is 1. The summed E-state index contributed by atoms with van der Waals surface area (Å²) < 4.78 is 0. The number of amides is 1. The summed E-state index contributed by atoms with van der Waals surface area (Å²) in [6, 6.07) is 19.3. The number of pyridine rings is 1. The second-order valence-electron chi connectivity index (χ2n) is 5.36. The van der Waals surface area contributed by atoms with E-state index in [0.29, 0.717) is 10.0 Å². The molecule has 0 aliphatic heterocycles. The number of aromatic nitrogens is 2. The first-order chi connectivity index (χ1) is 12.3. The van der Waals surface area contributed by atoms with Gasteiger partial charge in [0.1, 0.15) is 10.7 Å². The van der Waals surface area contributed by atoms with Gasteiger partial charge < -0.3 is 10.6 Å². The Kier molecular flexibility index (Phi) is 4.10. The zero-order chi connectivity index (χ0) is 17.1. The maximum absolute atomic E-state index is 12.3. The van der Waals surface area contributed by atoms with Crippen molar-refractivity contribution in [2.24, 2.45) is 0 Å². The van der Waals surface area contributed by atoms with Gasteiger partial charge in [-0.05, 0) is 23.6 Å². The van der Waals surface area contributed by atoms with E-state index in [9.17, 15) is 4.79 Å². The van der Waals surface area contributed by atoms with Gasteiger partial charge in [-0.2, -0.15) is 0 Å². The fourth-order valence-corrected chi connectivity index (χ4v) is 3.18. The lowest BCUT2D eigenvalue weighted by atomic mass is 10.2. The molecular formula is C19H14N4OS. The van der Waals surface area contributed by atoms with Gasteiger partial charge in [0.05, 0.1) is 6.20 Å². The molecule has 6 heteroatoms. The summed E-state index contributed by atoms with van der Waals surface area (Å²) in [7, 11) is 0. The Morgan fingerprint density at radius 1 is 0.920 bits per heavy atom. The molecule has 122 valence electrons. The number of nitrogens with zero attached hydrogens (tertiary/aromatic N) is 2. The van der Waals surface area contributed by atoms with Crippen molar-refractivity contribution in [1.29, 1.82) is 0 Å². The molecule has 0 unspecified atom stereocenters. The Morgan fingerprint density at radius 2 is 1.72 bits per heavy atom. The van der Waals surface area contributed by atoms with E-state index >= 15 is 0 Å². The standard InChI is InChI=1S/C19H14N4OS/c24-18(22-14-7-2-1-3-8-14)16-12-21-19(25-16)23-17-15-9-5-4-6-13(15)10-11-20-17/h1-12H,(H,22,24)(H,20,21,23). The van der Waals surface area contributed by atoms with Gasteiger partial charge in [-0.3, -0.25) is 4.79 Å². The van der Waals surface area contributed by atoms with E-state index in [2.05, 4.69) is 20.6 Å². The monoisotopic (exact) mass is 346 g/mol. The van der Waals surface area contributed by atoms with Crippen LogP contribution in [0.2, 0.25) is 0 Å². The minimum Gasteiger partial charge on any atom is -0.321 e. The van der Waals surface area contributed by atoms with Crippen molar-refractivity contribution < 1.29 is 4.79 Å². The Balaban J connectivity index is 1.54. The number of hydrogen-bond donors (Lipinski definition) is 2. The van der Waals surface area contributed by atoms with Gasteiger partial charge in [0, 0.05) is 17.3 Å². The summed E-state index contributed by atoms with van der Waals surface area (Å²) in [5.74, 6) is 0.546. The van der Waals surface area contributed by atoms with Gasteiger partial charge in [-0.25, -0.2) is 9.97 Å². The first-order valence-electron chi connectivity index (χ1n) is 7.72. The highest BCUT2D eigenvalue weighted by Gasteiger charge is 2.12. The number of para-hydroxylation sites is 1. The number of hydrogen-bond acceptors (Lipinski definition) is 5. The lowest BCUT2D eigenvalue weighted by molar-refractivity contribution is 0.103. The Morgan fingerprint density at radius 3 is 2.60 bits per heavy atom. The first kappa shape index (κ1) is 15.3. The summed E-state index contributed by atoms with van der Waals surface area (Å²) in [4.78, 5) is 21.5. The average Bonchev–Trinajstić information content (AvgIpc) is 3.12. The number of benzene rings is 2. The van der Waals surface area contributed by atoms with Crippen LogP contribution in [0, 0.1) is 0 Å². The SMILES string of the molecule is O=C(Nc1ccccc1)c1cnc(Nc2nccc3ccccc23)s1. The van der Waals surface area contributed by atoms with Gasteiger partial charge in [0.15, 0.2) is 5.13 Å². The molecule has 1 amide bonds. The van der Waals surface area contributed by atoms with E-state index in [1.54, 1.807) is 12.4 Å². The summed E-state index contributed by atoms with van der Waals surface area (Å²) >= 11 is 1.29. The molecule has 0 spiro atoms. The summed E-state index contributed by atoms with van der Waals surface area (Å²) in [5.41, 5.74) is 0.756. The van der Waals surface area contributed by atoms with Crippen LogP contribution in [-0.4, -0.2) is 15.9 Å². The third kappa shape index (κ3) is 3.34. The normalized spacial score (nSPS) is 10.6. The lowest BCUT2D eigenvalue weighted by Crippen LogP contribution is -2.09. The largest absolute Gasteiger partial charge is 0.321 e. The highest BCUT2D eigenvalue weighted by atomic mass is 32.1. The number of fused-ring (bicyclic) bond motifs is 1. The van der Waals surface area contributed by atoms with E-state index in [-0.39, 0.29) is 5.91 Å². The highest BCUT2D eigenvalue weighted by molar-refractivity contribution is 7.17. The molecule has 0 fully saturated rings. The smallest absolute Gasteiger partial charge is 0.267 e. The minimum absolute atomic E-state index is 0.178. The maximum Gasteiger partial charge on any atom is 0.267 e. The Labute approximate surface area is 148 Å². The van der Waals surface area contributed by atoms with E-state index in [1.165, 1.54) is 11.3 Å². The average molecular weight is 346 g/mol. The number of anilines is 3. The van der Waals surface area contributed by atoms with Gasteiger partial charge >= 0.3 is 0 Å². The predicted octanol–water partition coefficient (Wildman–Crippen LogP) is 4.69. The molecule has 4 aromatic rings. The lowest BCUT2D eigenvalue weighted by Gasteiger charge is -2.05. The van der Waals surface area contributed by atoms with Crippen molar-refractivity contribution in [1.82, 2.24) is 9.97 Å². The fraction of sp³-hybridized carbons (Fsp3) is 0. The molecule has 0 saturated heterocycles. The van der Waals surface area contributed by atoms with Crippen LogP contribution in [0.5, 0.6) is 0 Å². The van der Waals surface area contributed by atoms with Crippen LogP contribution in [-0.2, 0) is 0 Å². The molecule has 2 aromatic heterocycles. The van der Waals surface area contributed by atoms with Crippen LogP contribution in [0.4, 0.5) is 16.6 Å². The van der Waals surface area contributed by atoms with Gasteiger partial charge in [0.2, 0.25) is 0 Å². The van der Waals surface area contributed by atoms with Gasteiger partial charge in [0.25, 0.3) is 5.91 Å². The van der Waals surface area contributed by atoms with Crippen LogP contribution in [0.15, 0.2) is 73.1 Å². The third-order valence-corrected chi connectivity index (χ3v) is 4.57. The van der Waals surface area contributed by atoms with Crippen molar-refractivity contribution in [3.63, 3.8) is 0 Å². The zero-order valence-corrected chi connectivity index (χ0v) is 14.0. The number of nitrogens with one attached hydrogen (secondary N) is 2. The molecule has 0 radical (unpaired) electrons. The summed E-state index contributed by atoms with van der Waals surface area (Å²) in [6.45, 7) is 0. The summed E-state index contributed by atoms with van der Waals surface area (Å²) in [6.07, 6.45) is 3.32. The van der Waals surface area contributed by atoms with Crippen molar-refractivity contribution in [3.8, 4) is 0 Å². The highest BCUT2D eigenvalue weighted by Crippen LogP contribution is 2.27. The van der Waals surface area contributed by atoms with E-state index in [1.807, 2.05) is 60.7 Å². The van der Waals surface area contributed by atoms with Crippen LogP contribution in [0.25, 0.3) is 10.8 Å². The molecule has 5 nitrogen and oxygen atoms in total. The second kappa shape index (κ2) is 6.70. The van der Waals surface area contributed by atoms with Crippen molar-refractivity contribution >= 4 is 44.7 Å². The molecular weight excluding hydrogens is 332 g/mol. The molecule has 0 saturated carbocycles. The van der Waals surface area contributed by atoms with Crippen molar-refractivity contribution in [2.75, 3.05) is 10.6 Å². The van der Waals surface area contributed by atoms with Gasteiger partial charge in [-0.1, -0.05) is 53.8 Å². The number of rotatable bonds is 4. The summed E-state index contributed by atoms with van der Waals surface area (Å²) in [5, 5.41) is 8.79. The molecule has 25 heavy (non-hydrogen) atoms. The quantitative estimate of drug-likeness (QED) is 0.563. The first-order valence-corrected chi connectivity index (χ1v) is 8.54. The zero-order valence-electron chi connectivity index (χ0n) is 13.1. The van der Waals surface area contributed by atoms with Crippen molar-refractivity contribution in [3.05, 3.63) is 77.9 Å².